The molecule has 0 bridgehead atoms. The van der Waals surface area contributed by atoms with Crippen LogP contribution in [0.1, 0.15) is 36.5 Å². The molecule has 0 radical (unpaired) electrons. The molecule has 0 heterocycles. The molecule has 1 aromatic rings. The molecule has 1 aliphatic carbocycles. The number of amides is 2. The van der Waals surface area contributed by atoms with E-state index in [-0.39, 0.29) is 26.7 Å². The Hall–Kier alpha value is -1.46. The number of anilines is 1. The van der Waals surface area contributed by atoms with Crippen LogP contribution in [0.25, 0.3) is 0 Å². The number of rotatable bonds is 5. The summed E-state index contributed by atoms with van der Waals surface area (Å²) in [4.78, 5) is 23.1. The summed E-state index contributed by atoms with van der Waals surface area (Å²) in [6, 6.07) is 2.17. The first-order valence-corrected chi connectivity index (χ1v) is 7.40. The van der Waals surface area contributed by atoms with E-state index < -0.39 is 12.0 Å². The van der Waals surface area contributed by atoms with Gasteiger partial charge in [-0.2, -0.15) is 0 Å². The maximum atomic E-state index is 11.9. The van der Waals surface area contributed by atoms with Gasteiger partial charge in [-0.3, -0.25) is 0 Å². The summed E-state index contributed by atoms with van der Waals surface area (Å²) in [5.41, 5.74) is 0.114. The van der Waals surface area contributed by atoms with Gasteiger partial charge in [0.15, 0.2) is 0 Å². The van der Waals surface area contributed by atoms with Gasteiger partial charge in [0.25, 0.3) is 0 Å². The van der Waals surface area contributed by atoms with E-state index in [1.165, 1.54) is 12.1 Å². The van der Waals surface area contributed by atoms with Crippen molar-refractivity contribution in [2.24, 2.45) is 5.41 Å². The summed E-state index contributed by atoms with van der Waals surface area (Å²) in [6.45, 7) is 2.66. The third-order valence-corrected chi connectivity index (χ3v) is 4.37. The van der Waals surface area contributed by atoms with E-state index in [1.54, 1.807) is 0 Å². The minimum atomic E-state index is -1.21. The molecule has 7 heteroatoms. The van der Waals surface area contributed by atoms with Crippen LogP contribution in [0.3, 0.4) is 0 Å². The molecule has 0 atom stereocenters. The summed E-state index contributed by atoms with van der Waals surface area (Å²) >= 11 is 11.7. The van der Waals surface area contributed by atoms with Gasteiger partial charge in [-0.1, -0.05) is 30.1 Å². The Morgan fingerprint density at radius 3 is 2.52 bits per heavy atom. The molecule has 5 nitrogen and oxygen atoms in total. The van der Waals surface area contributed by atoms with E-state index in [1.807, 2.05) is 0 Å². The summed E-state index contributed by atoms with van der Waals surface area (Å²) in [5.74, 6) is -1.21. The van der Waals surface area contributed by atoms with E-state index in [0.29, 0.717) is 6.54 Å². The van der Waals surface area contributed by atoms with E-state index in [0.717, 1.165) is 19.3 Å². The van der Waals surface area contributed by atoms with Crippen LogP contribution in [0.4, 0.5) is 10.5 Å². The van der Waals surface area contributed by atoms with Gasteiger partial charge in [-0.05, 0) is 36.8 Å². The molecular formula is C14H16Cl2N2O3. The fraction of sp³-hybridized carbons (Fsp3) is 0.429. The zero-order valence-electron chi connectivity index (χ0n) is 11.5. The molecule has 2 amide bonds. The highest BCUT2D eigenvalue weighted by molar-refractivity contribution is 6.37. The second-order valence-corrected chi connectivity index (χ2v) is 6.12. The van der Waals surface area contributed by atoms with E-state index in [4.69, 9.17) is 28.3 Å². The molecule has 3 N–H and O–H groups in total. The Morgan fingerprint density at radius 1 is 1.33 bits per heavy atom. The first kappa shape index (κ1) is 15.9. The molecule has 1 fully saturated rings. The second kappa shape index (κ2) is 6.12. The van der Waals surface area contributed by atoms with Crippen LogP contribution in [0.2, 0.25) is 10.0 Å². The van der Waals surface area contributed by atoms with Crippen LogP contribution in [-0.4, -0.2) is 23.7 Å². The van der Waals surface area contributed by atoms with Crippen molar-refractivity contribution >= 4 is 40.9 Å². The fourth-order valence-electron chi connectivity index (χ4n) is 2.13. The van der Waals surface area contributed by atoms with Crippen LogP contribution < -0.4 is 10.6 Å². The predicted molar refractivity (Wildman–Crippen MR) is 82.4 cm³/mol. The van der Waals surface area contributed by atoms with Crippen molar-refractivity contribution in [2.75, 3.05) is 11.9 Å². The predicted octanol–water partition coefficient (Wildman–Crippen LogP) is 4.00. The van der Waals surface area contributed by atoms with E-state index in [9.17, 15) is 9.59 Å². The molecule has 114 valence electrons. The molecule has 2 rings (SSSR count). The number of carbonyl (C=O) groups is 2. The lowest BCUT2D eigenvalue weighted by atomic mass is 10.0. The van der Waals surface area contributed by atoms with Crippen LogP contribution in [0, 0.1) is 5.41 Å². The first-order valence-electron chi connectivity index (χ1n) is 6.64. The summed E-state index contributed by atoms with van der Waals surface area (Å²) in [6.07, 6.45) is 3.22. The number of aromatic carboxylic acids is 1. The van der Waals surface area contributed by atoms with Gasteiger partial charge in [0.1, 0.15) is 0 Å². The minimum Gasteiger partial charge on any atom is -0.478 e. The zero-order chi connectivity index (χ0) is 15.6. The van der Waals surface area contributed by atoms with Crippen molar-refractivity contribution in [1.29, 1.82) is 0 Å². The highest BCUT2D eigenvalue weighted by Crippen LogP contribution is 2.47. The number of carboxylic acid groups (broad SMARTS) is 1. The van der Waals surface area contributed by atoms with Crippen molar-refractivity contribution in [1.82, 2.24) is 5.32 Å². The molecule has 0 aromatic heterocycles. The van der Waals surface area contributed by atoms with E-state index in [2.05, 4.69) is 17.6 Å². The van der Waals surface area contributed by atoms with Gasteiger partial charge in [0, 0.05) is 11.6 Å². The molecule has 21 heavy (non-hydrogen) atoms. The number of urea groups is 1. The van der Waals surface area contributed by atoms with Crippen molar-refractivity contribution in [3.63, 3.8) is 0 Å². The Labute approximate surface area is 132 Å². The Morgan fingerprint density at radius 2 is 2.00 bits per heavy atom. The molecule has 1 aliphatic rings. The molecule has 0 unspecified atom stereocenters. The highest BCUT2D eigenvalue weighted by atomic mass is 35.5. The first-order chi connectivity index (χ1) is 9.87. The summed E-state index contributed by atoms with van der Waals surface area (Å²) < 4.78 is 0. The van der Waals surface area contributed by atoms with Crippen LogP contribution in [-0.2, 0) is 0 Å². The van der Waals surface area contributed by atoms with Gasteiger partial charge in [0.2, 0.25) is 0 Å². The quantitative estimate of drug-likeness (QED) is 0.763. The zero-order valence-corrected chi connectivity index (χ0v) is 13.0. The maximum Gasteiger partial charge on any atom is 0.337 e. The number of nitrogens with one attached hydrogen (secondary N) is 2. The average molecular weight is 331 g/mol. The number of carboxylic acids is 1. The minimum absolute atomic E-state index is 0.0485. The third-order valence-electron chi connectivity index (χ3n) is 3.85. The molecular weight excluding hydrogens is 315 g/mol. The largest absolute Gasteiger partial charge is 0.478 e. The number of hydrogen-bond acceptors (Lipinski definition) is 2. The smallest absolute Gasteiger partial charge is 0.337 e. The average Bonchev–Trinajstić information content (AvgIpc) is 3.19. The van der Waals surface area contributed by atoms with Gasteiger partial charge in [0.05, 0.1) is 16.3 Å². The van der Waals surface area contributed by atoms with Crippen LogP contribution in [0.15, 0.2) is 12.1 Å². The summed E-state index contributed by atoms with van der Waals surface area (Å²) in [7, 11) is 0. The third kappa shape index (κ3) is 3.80. The lowest BCUT2D eigenvalue weighted by Gasteiger charge is -2.15. The van der Waals surface area contributed by atoms with Crippen molar-refractivity contribution < 1.29 is 14.7 Å². The molecule has 1 aromatic carbocycles. The Kier molecular flexibility index (Phi) is 4.64. The SMILES string of the molecule is CCC1(CNC(=O)Nc2c(Cl)cc(Cl)cc2C(=O)O)CC1. The van der Waals surface area contributed by atoms with Crippen molar-refractivity contribution in [3.8, 4) is 0 Å². The van der Waals surface area contributed by atoms with E-state index >= 15 is 0 Å². The van der Waals surface area contributed by atoms with Gasteiger partial charge < -0.3 is 15.7 Å². The van der Waals surface area contributed by atoms with Crippen molar-refractivity contribution in [3.05, 3.63) is 27.7 Å². The molecule has 0 spiro atoms. The van der Waals surface area contributed by atoms with Crippen LogP contribution in [0.5, 0.6) is 0 Å². The number of halogens is 2. The topological polar surface area (TPSA) is 78.4 Å². The number of hydrogen-bond donors (Lipinski definition) is 3. The Balaban J connectivity index is 2.08. The highest BCUT2D eigenvalue weighted by Gasteiger charge is 2.40. The van der Waals surface area contributed by atoms with Gasteiger partial charge in [-0.15, -0.1) is 0 Å². The number of benzene rings is 1. The number of carbonyl (C=O) groups excluding carboxylic acids is 1. The van der Waals surface area contributed by atoms with Gasteiger partial charge >= 0.3 is 12.0 Å². The summed E-state index contributed by atoms with van der Waals surface area (Å²) in [5, 5.41) is 14.7. The lowest BCUT2D eigenvalue weighted by molar-refractivity contribution is 0.0698. The lowest BCUT2D eigenvalue weighted by Crippen LogP contribution is -2.34. The Bertz CT molecular complexity index is 586. The fourth-order valence-corrected chi connectivity index (χ4v) is 2.67. The standard InChI is InChI=1S/C14H16Cl2N2O3/c1-2-14(3-4-14)7-17-13(21)18-11-9(12(19)20)5-8(15)6-10(11)16/h5-6H,2-4,7H2,1H3,(H,19,20)(H2,17,18,21). The molecule has 0 saturated heterocycles. The maximum absolute atomic E-state index is 11.9. The molecule has 1 saturated carbocycles. The monoisotopic (exact) mass is 330 g/mol. The molecule has 0 aliphatic heterocycles. The normalized spacial score (nSPS) is 15.4. The van der Waals surface area contributed by atoms with Crippen LogP contribution >= 0.6 is 23.2 Å². The van der Waals surface area contributed by atoms with Crippen molar-refractivity contribution in [2.45, 2.75) is 26.2 Å². The second-order valence-electron chi connectivity index (χ2n) is 5.28. The van der Waals surface area contributed by atoms with Gasteiger partial charge in [-0.25, -0.2) is 9.59 Å².